The van der Waals surface area contributed by atoms with Gasteiger partial charge in [0.2, 0.25) is 0 Å². The minimum atomic E-state index is 0.107. The number of hydrogen-bond acceptors (Lipinski definition) is 1. The highest BCUT2D eigenvalue weighted by atomic mass is 16.1. The number of ketones is 1. The van der Waals surface area contributed by atoms with Gasteiger partial charge in [0.05, 0.1) is 0 Å². The molecule has 1 heteroatoms. The van der Waals surface area contributed by atoms with E-state index in [0.29, 0.717) is 11.7 Å². The van der Waals surface area contributed by atoms with Gasteiger partial charge in [0, 0.05) is 5.92 Å². The molecule has 21 heavy (non-hydrogen) atoms. The normalized spacial score (nSPS) is 36.0. The van der Waals surface area contributed by atoms with Crippen LogP contribution in [0.15, 0.2) is 36.0 Å². The Morgan fingerprint density at radius 1 is 1.38 bits per heavy atom. The number of carbonyl (C=O) groups is 1. The Balaban J connectivity index is 2.42. The average Bonchev–Trinajstić information content (AvgIpc) is 2.35. The van der Waals surface area contributed by atoms with Crippen molar-refractivity contribution in [3.8, 4) is 0 Å². The van der Waals surface area contributed by atoms with Crippen LogP contribution >= 0.6 is 0 Å². The van der Waals surface area contributed by atoms with Crippen LogP contribution in [0.25, 0.3) is 0 Å². The van der Waals surface area contributed by atoms with Gasteiger partial charge in [0.1, 0.15) is 0 Å². The third kappa shape index (κ3) is 2.80. The summed E-state index contributed by atoms with van der Waals surface area (Å²) in [4.78, 5) is 12.7. The van der Waals surface area contributed by atoms with Crippen LogP contribution in [-0.4, -0.2) is 5.78 Å². The standard InChI is InChI=1S/C20H30O/c1-7-14(2)9-10-16-15(3)13-17(21)18-19(4,5)11-8-12-20(16,18)6/h7,9,13,16,18H,1,8,10-12H2,2-6H3/b14-9-/t16-,18-,20+/m0/s1. The summed E-state index contributed by atoms with van der Waals surface area (Å²) in [5.74, 6) is 1.01. The van der Waals surface area contributed by atoms with Gasteiger partial charge in [-0.2, -0.15) is 0 Å². The summed E-state index contributed by atoms with van der Waals surface area (Å²) in [6, 6.07) is 0. The molecule has 2 aliphatic carbocycles. The fourth-order valence-corrected chi connectivity index (χ4v) is 4.96. The first-order valence-corrected chi connectivity index (χ1v) is 8.23. The lowest BCUT2D eigenvalue weighted by atomic mass is 9.48. The van der Waals surface area contributed by atoms with Gasteiger partial charge in [-0.15, -0.1) is 0 Å². The molecular formula is C20H30O. The number of rotatable bonds is 3. The molecule has 0 aromatic rings. The van der Waals surface area contributed by atoms with Gasteiger partial charge in [0.15, 0.2) is 5.78 Å². The molecule has 2 rings (SSSR count). The van der Waals surface area contributed by atoms with Crippen molar-refractivity contribution >= 4 is 5.78 Å². The summed E-state index contributed by atoms with van der Waals surface area (Å²) < 4.78 is 0. The highest BCUT2D eigenvalue weighted by molar-refractivity contribution is 5.94. The van der Waals surface area contributed by atoms with Crippen molar-refractivity contribution in [3.05, 3.63) is 36.0 Å². The molecule has 0 heterocycles. The van der Waals surface area contributed by atoms with Crippen LogP contribution in [0.5, 0.6) is 0 Å². The maximum atomic E-state index is 12.7. The third-order valence-electron chi connectivity index (χ3n) is 5.98. The zero-order chi connectivity index (χ0) is 15.8. The van der Waals surface area contributed by atoms with Gasteiger partial charge in [0.25, 0.3) is 0 Å². The number of carbonyl (C=O) groups excluding carboxylic acids is 1. The second kappa shape index (κ2) is 5.59. The zero-order valence-corrected chi connectivity index (χ0v) is 14.3. The average molecular weight is 286 g/mol. The third-order valence-corrected chi connectivity index (χ3v) is 5.98. The summed E-state index contributed by atoms with van der Waals surface area (Å²) >= 11 is 0. The summed E-state index contributed by atoms with van der Waals surface area (Å²) in [7, 11) is 0. The Bertz CT molecular complexity index is 506. The number of allylic oxidation sites excluding steroid dienone is 5. The molecular weight excluding hydrogens is 256 g/mol. The topological polar surface area (TPSA) is 17.1 Å². The van der Waals surface area contributed by atoms with Gasteiger partial charge in [-0.3, -0.25) is 4.79 Å². The van der Waals surface area contributed by atoms with Gasteiger partial charge in [-0.05, 0) is 55.9 Å². The first-order chi connectivity index (χ1) is 9.72. The molecule has 0 radical (unpaired) electrons. The fourth-order valence-electron chi connectivity index (χ4n) is 4.96. The van der Waals surface area contributed by atoms with Gasteiger partial charge >= 0.3 is 0 Å². The molecule has 1 saturated carbocycles. The van der Waals surface area contributed by atoms with Crippen molar-refractivity contribution < 1.29 is 4.79 Å². The van der Waals surface area contributed by atoms with Crippen molar-refractivity contribution in [2.45, 2.75) is 60.3 Å². The summed E-state index contributed by atoms with van der Waals surface area (Å²) in [5, 5.41) is 0. The Hall–Kier alpha value is -1.11. The number of hydrogen-bond donors (Lipinski definition) is 0. The molecule has 0 aromatic carbocycles. The molecule has 116 valence electrons. The summed E-state index contributed by atoms with van der Waals surface area (Å²) in [5.41, 5.74) is 2.73. The summed E-state index contributed by atoms with van der Waals surface area (Å²) in [6.07, 6.45) is 10.7. The zero-order valence-electron chi connectivity index (χ0n) is 14.3. The van der Waals surface area contributed by atoms with Crippen LogP contribution in [0.1, 0.15) is 60.3 Å². The highest BCUT2D eigenvalue weighted by Crippen LogP contribution is 2.59. The van der Waals surface area contributed by atoms with Crippen LogP contribution in [0, 0.1) is 22.7 Å². The largest absolute Gasteiger partial charge is 0.295 e. The maximum absolute atomic E-state index is 12.7. The van der Waals surface area contributed by atoms with Crippen molar-refractivity contribution in [2.75, 3.05) is 0 Å². The fraction of sp³-hybridized carbons (Fsp3) is 0.650. The molecule has 0 aliphatic heterocycles. The lowest BCUT2D eigenvalue weighted by Crippen LogP contribution is -2.52. The van der Waals surface area contributed by atoms with E-state index in [0.717, 1.165) is 6.42 Å². The molecule has 1 nitrogen and oxygen atoms in total. The minimum Gasteiger partial charge on any atom is -0.295 e. The van der Waals surface area contributed by atoms with Gasteiger partial charge in [-0.25, -0.2) is 0 Å². The lowest BCUT2D eigenvalue weighted by Gasteiger charge is -2.55. The first kappa shape index (κ1) is 16.3. The lowest BCUT2D eigenvalue weighted by molar-refractivity contribution is -0.136. The van der Waals surface area contributed by atoms with E-state index in [1.165, 1.54) is 30.4 Å². The van der Waals surface area contributed by atoms with E-state index in [1.54, 1.807) is 0 Å². The smallest absolute Gasteiger partial charge is 0.159 e. The van der Waals surface area contributed by atoms with Crippen molar-refractivity contribution in [3.63, 3.8) is 0 Å². The predicted molar refractivity (Wildman–Crippen MR) is 90.1 cm³/mol. The van der Waals surface area contributed by atoms with Gasteiger partial charge in [-0.1, -0.05) is 57.1 Å². The minimum absolute atomic E-state index is 0.107. The molecule has 0 saturated heterocycles. The predicted octanol–water partition coefficient (Wildman–Crippen LogP) is 5.49. The Morgan fingerprint density at radius 3 is 2.67 bits per heavy atom. The SMILES string of the molecule is C=C/C(C)=C\C[C@H]1C(C)=CC(=O)[C@H]2C(C)(C)CCC[C@]12C. The van der Waals surface area contributed by atoms with E-state index >= 15 is 0 Å². The van der Waals surface area contributed by atoms with E-state index in [-0.39, 0.29) is 16.7 Å². The Labute approximate surface area is 130 Å². The monoisotopic (exact) mass is 286 g/mol. The van der Waals surface area contributed by atoms with E-state index in [9.17, 15) is 4.79 Å². The quantitative estimate of drug-likeness (QED) is 0.627. The Morgan fingerprint density at radius 2 is 2.05 bits per heavy atom. The van der Waals surface area contributed by atoms with Crippen molar-refractivity contribution in [1.82, 2.24) is 0 Å². The van der Waals surface area contributed by atoms with Crippen LogP contribution in [0.2, 0.25) is 0 Å². The van der Waals surface area contributed by atoms with Gasteiger partial charge < -0.3 is 0 Å². The van der Waals surface area contributed by atoms with Crippen LogP contribution in [-0.2, 0) is 4.79 Å². The number of fused-ring (bicyclic) bond motifs is 1. The molecule has 0 amide bonds. The molecule has 0 N–H and O–H groups in total. The summed E-state index contributed by atoms with van der Waals surface area (Å²) in [6.45, 7) is 15.0. The molecule has 1 fully saturated rings. The molecule has 0 spiro atoms. The van der Waals surface area contributed by atoms with E-state index < -0.39 is 0 Å². The molecule has 0 unspecified atom stereocenters. The molecule has 0 aromatic heterocycles. The van der Waals surface area contributed by atoms with Crippen LogP contribution in [0.4, 0.5) is 0 Å². The van der Waals surface area contributed by atoms with Crippen LogP contribution in [0.3, 0.4) is 0 Å². The molecule has 0 bridgehead atoms. The van der Waals surface area contributed by atoms with Crippen molar-refractivity contribution in [2.24, 2.45) is 22.7 Å². The molecule has 2 aliphatic rings. The van der Waals surface area contributed by atoms with E-state index in [4.69, 9.17) is 0 Å². The second-order valence-corrected chi connectivity index (χ2v) is 8.01. The Kier molecular flexibility index (Phi) is 4.33. The van der Waals surface area contributed by atoms with E-state index in [1.807, 2.05) is 12.2 Å². The van der Waals surface area contributed by atoms with Crippen molar-refractivity contribution in [1.29, 1.82) is 0 Å². The maximum Gasteiger partial charge on any atom is 0.159 e. The molecule has 3 atom stereocenters. The first-order valence-electron chi connectivity index (χ1n) is 8.23. The van der Waals surface area contributed by atoms with Crippen LogP contribution < -0.4 is 0 Å². The highest BCUT2D eigenvalue weighted by Gasteiger charge is 2.54. The second-order valence-electron chi connectivity index (χ2n) is 8.01. The van der Waals surface area contributed by atoms with E-state index in [2.05, 4.69) is 47.3 Å².